The third-order valence-electron chi connectivity index (χ3n) is 6.84. The Bertz CT molecular complexity index is 1100. The second kappa shape index (κ2) is 6.12. The maximum absolute atomic E-state index is 5.80. The summed E-state index contributed by atoms with van der Waals surface area (Å²) in [5.41, 5.74) is 1.96. The van der Waals surface area contributed by atoms with Gasteiger partial charge in [0.15, 0.2) is 0 Å². The number of aryl methyl sites for hydroxylation is 1. The first-order chi connectivity index (χ1) is 14.7. The fourth-order valence-electron chi connectivity index (χ4n) is 5.39. The van der Waals surface area contributed by atoms with E-state index in [1.165, 1.54) is 0 Å². The number of anilines is 2. The minimum atomic E-state index is 0.283. The normalized spacial score (nSPS) is 29.6. The monoisotopic (exact) mass is 405 g/mol. The third-order valence-corrected chi connectivity index (χ3v) is 6.84. The summed E-state index contributed by atoms with van der Waals surface area (Å²) in [4.78, 5) is 24.1. The molecule has 9 heteroatoms. The molecule has 1 aromatic carbocycles. The van der Waals surface area contributed by atoms with Gasteiger partial charge in [-0.2, -0.15) is 15.0 Å². The molecule has 4 atom stereocenters. The topological polar surface area (TPSA) is 81.4 Å². The van der Waals surface area contributed by atoms with Crippen molar-refractivity contribution >= 4 is 22.9 Å². The maximum atomic E-state index is 5.80. The zero-order valence-corrected chi connectivity index (χ0v) is 16.8. The fraction of sp³-hybridized carbons (Fsp3) is 0.524. The molecular formula is C21H23N7O2. The van der Waals surface area contributed by atoms with E-state index in [-0.39, 0.29) is 12.2 Å². The Labute approximate surface area is 173 Å². The Morgan fingerprint density at radius 3 is 1.97 bits per heavy atom. The van der Waals surface area contributed by atoms with Gasteiger partial charge in [-0.3, -0.25) is 4.57 Å². The number of para-hydroxylation sites is 2. The molecule has 0 saturated carbocycles. The molecule has 0 N–H and O–H groups in total. The maximum Gasteiger partial charge on any atom is 0.242 e. The van der Waals surface area contributed by atoms with E-state index in [0.29, 0.717) is 18.0 Å². The van der Waals surface area contributed by atoms with E-state index >= 15 is 0 Å². The second-order valence-corrected chi connectivity index (χ2v) is 8.71. The molecule has 7 rings (SSSR count). The van der Waals surface area contributed by atoms with E-state index in [1.807, 2.05) is 29.7 Å². The highest BCUT2D eigenvalue weighted by Crippen LogP contribution is 2.35. The number of rotatable bonds is 3. The number of hydrogen-bond acceptors (Lipinski definition) is 8. The number of aromatic nitrogens is 5. The average Bonchev–Trinajstić information content (AvgIpc) is 3.58. The molecule has 0 spiro atoms. The van der Waals surface area contributed by atoms with Gasteiger partial charge in [0, 0.05) is 13.1 Å². The minimum Gasteiger partial charge on any atom is -0.374 e. The molecular weight excluding hydrogens is 382 g/mol. The third kappa shape index (κ3) is 2.42. The number of nitrogens with zero attached hydrogens (tertiary/aromatic N) is 7. The van der Waals surface area contributed by atoms with Gasteiger partial charge >= 0.3 is 0 Å². The summed E-state index contributed by atoms with van der Waals surface area (Å²) in [6.07, 6.45) is 2.66. The van der Waals surface area contributed by atoms with Crippen molar-refractivity contribution in [2.75, 3.05) is 36.1 Å². The lowest BCUT2D eigenvalue weighted by Crippen LogP contribution is -2.41. The van der Waals surface area contributed by atoms with Crippen molar-refractivity contribution in [1.82, 2.24) is 24.5 Å². The first kappa shape index (κ1) is 17.0. The molecule has 4 fully saturated rings. The van der Waals surface area contributed by atoms with Crippen LogP contribution in [0.1, 0.15) is 18.7 Å². The summed E-state index contributed by atoms with van der Waals surface area (Å²) in [6, 6.07) is 8.81. The quantitative estimate of drug-likeness (QED) is 0.648. The zero-order chi connectivity index (χ0) is 19.8. The largest absolute Gasteiger partial charge is 0.374 e. The molecule has 6 heterocycles. The van der Waals surface area contributed by atoms with Crippen LogP contribution >= 0.6 is 0 Å². The van der Waals surface area contributed by atoms with Crippen LogP contribution in [0.5, 0.6) is 0 Å². The molecule has 0 radical (unpaired) electrons. The number of benzene rings is 1. The van der Waals surface area contributed by atoms with Gasteiger partial charge in [-0.1, -0.05) is 12.1 Å². The highest BCUT2D eigenvalue weighted by atomic mass is 16.5. The van der Waals surface area contributed by atoms with Gasteiger partial charge in [-0.15, -0.1) is 0 Å². The summed E-state index contributed by atoms with van der Waals surface area (Å²) >= 11 is 0. The van der Waals surface area contributed by atoms with Crippen LogP contribution in [0.4, 0.5) is 11.9 Å². The minimum absolute atomic E-state index is 0.283. The second-order valence-electron chi connectivity index (χ2n) is 8.71. The van der Waals surface area contributed by atoms with Crippen molar-refractivity contribution in [3.05, 3.63) is 30.1 Å². The Balaban J connectivity index is 1.39. The highest BCUT2D eigenvalue weighted by molar-refractivity contribution is 5.77. The van der Waals surface area contributed by atoms with Crippen molar-refractivity contribution in [3.63, 3.8) is 0 Å². The molecule has 4 saturated heterocycles. The molecule has 30 heavy (non-hydrogen) atoms. The summed E-state index contributed by atoms with van der Waals surface area (Å²) in [7, 11) is 0. The van der Waals surface area contributed by atoms with Crippen LogP contribution in [0.3, 0.4) is 0 Å². The van der Waals surface area contributed by atoms with Crippen LogP contribution < -0.4 is 9.80 Å². The lowest BCUT2D eigenvalue weighted by atomic mass is 10.2. The lowest BCUT2D eigenvalue weighted by Gasteiger charge is -2.30. The predicted molar refractivity (Wildman–Crippen MR) is 110 cm³/mol. The van der Waals surface area contributed by atoms with Crippen LogP contribution in [0.15, 0.2) is 24.3 Å². The first-order valence-corrected chi connectivity index (χ1v) is 10.7. The standard InChI is InChI=1S/C21H23N7O2/c1-12-22-17-4-2-3-5-18(17)28(12)21-24-19(26-8-15-6-13(26)10-29-15)23-20(25-21)27-9-16-7-14(27)11-30-16/h2-5,13-16H,6-11H2,1H3. The molecule has 4 aliphatic heterocycles. The lowest BCUT2D eigenvalue weighted by molar-refractivity contribution is 0.0980. The van der Waals surface area contributed by atoms with Crippen LogP contribution in [0.25, 0.3) is 17.0 Å². The Morgan fingerprint density at radius 2 is 1.40 bits per heavy atom. The molecule has 4 bridgehead atoms. The number of imidazole rings is 1. The van der Waals surface area contributed by atoms with Crippen LogP contribution in [0, 0.1) is 6.92 Å². The summed E-state index contributed by atoms with van der Waals surface area (Å²) in [5.74, 6) is 2.99. The predicted octanol–water partition coefficient (Wildman–Crippen LogP) is 1.47. The van der Waals surface area contributed by atoms with Crippen molar-refractivity contribution < 1.29 is 9.47 Å². The van der Waals surface area contributed by atoms with Gasteiger partial charge in [0.1, 0.15) is 5.82 Å². The first-order valence-electron chi connectivity index (χ1n) is 10.7. The van der Waals surface area contributed by atoms with Crippen molar-refractivity contribution in [1.29, 1.82) is 0 Å². The number of ether oxygens (including phenoxy) is 2. The van der Waals surface area contributed by atoms with Gasteiger partial charge < -0.3 is 19.3 Å². The number of morpholine rings is 2. The molecule has 3 aromatic rings. The number of fused-ring (bicyclic) bond motifs is 5. The summed E-state index contributed by atoms with van der Waals surface area (Å²) in [5, 5.41) is 0. The van der Waals surface area contributed by atoms with E-state index < -0.39 is 0 Å². The van der Waals surface area contributed by atoms with Crippen LogP contribution in [-0.2, 0) is 9.47 Å². The van der Waals surface area contributed by atoms with E-state index in [2.05, 4.69) is 15.9 Å². The Morgan fingerprint density at radius 1 is 0.800 bits per heavy atom. The van der Waals surface area contributed by atoms with Crippen LogP contribution in [0.2, 0.25) is 0 Å². The van der Waals surface area contributed by atoms with Crippen molar-refractivity contribution in [2.45, 2.75) is 44.1 Å². The van der Waals surface area contributed by atoms with E-state index in [9.17, 15) is 0 Å². The smallest absolute Gasteiger partial charge is 0.242 e. The Kier molecular flexibility index (Phi) is 3.46. The molecule has 0 amide bonds. The summed E-state index contributed by atoms with van der Waals surface area (Å²) < 4.78 is 13.6. The van der Waals surface area contributed by atoms with Gasteiger partial charge in [-0.05, 0) is 31.9 Å². The molecule has 4 aliphatic rings. The molecule has 9 nitrogen and oxygen atoms in total. The van der Waals surface area contributed by atoms with Crippen molar-refractivity contribution in [3.8, 4) is 5.95 Å². The highest BCUT2D eigenvalue weighted by Gasteiger charge is 2.43. The SMILES string of the molecule is Cc1nc2ccccc2n1-c1nc(N2CC3CC2CO3)nc(N2CC3CC2CO3)n1. The van der Waals surface area contributed by atoms with E-state index in [0.717, 1.165) is 67.9 Å². The van der Waals surface area contributed by atoms with E-state index in [1.54, 1.807) is 0 Å². The van der Waals surface area contributed by atoms with Crippen molar-refractivity contribution in [2.24, 2.45) is 0 Å². The van der Waals surface area contributed by atoms with Gasteiger partial charge in [-0.25, -0.2) is 4.98 Å². The van der Waals surface area contributed by atoms with Gasteiger partial charge in [0.2, 0.25) is 17.8 Å². The number of hydrogen-bond donors (Lipinski definition) is 0. The zero-order valence-electron chi connectivity index (χ0n) is 16.8. The molecule has 4 unspecified atom stereocenters. The molecule has 0 aliphatic carbocycles. The van der Waals surface area contributed by atoms with Gasteiger partial charge in [0.05, 0.1) is 48.5 Å². The molecule has 2 aromatic heterocycles. The van der Waals surface area contributed by atoms with Gasteiger partial charge in [0.25, 0.3) is 0 Å². The molecule has 154 valence electrons. The average molecular weight is 405 g/mol. The van der Waals surface area contributed by atoms with E-state index in [4.69, 9.17) is 29.4 Å². The van der Waals surface area contributed by atoms with Crippen LogP contribution in [-0.4, -0.2) is 75.1 Å². The summed E-state index contributed by atoms with van der Waals surface area (Å²) in [6.45, 7) is 5.17. The fourth-order valence-corrected chi connectivity index (χ4v) is 5.39. The Hall–Kier alpha value is -2.78.